The predicted octanol–water partition coefficient (Wildman–Crippen LogP) is 4.72. The number of aryl methyl sites for hydroxylation is 2. The third kappa shape index (κ3) is 3.50. The van der Waals surface area contributed by atoms with Crippen molar-refractivity contribution in [1.29, 1.82) is 0 Å². The zero-order valence-corrected chi connectivity index (χ0v) is 14.9. The molecule has 0 saturated carbocycles. The average molecular weight is 366 g/mol. The van der Waals surface area contributed by atoms with Gasteiger partial charge in [-0.3, -0.25) is 30.3 Å². The molecule has 0 aliphatic carbocycles. The molecule has 1 heterocycles. The lowest BCUT2D eigenvalue weighted by atomic mass is 10.1. The summed E-state index contributed by atoms with van der Waals surface area (Å²) < 4.78 is 1.80. The molecule has 1 aromatic heterocycles. The Hall–Kier alpha value is -3.68. The Bertz CT molecular complexity index is 1010. The molecular weight excluding hydrogens is 348 g/mol. The fourth-order valence-electron chi connectivity index (χ4n) is 3.04. The summed E-state index contributed by atoms with van der Waals surface area (Å²) in [5, 5.41) is 22.4. The monoisotopic (exact) mass is 366 g/mol. The van der Waals surface area contributed by atoms with Crippen molar-refractivity contribution in [1.82, 2.24) is 4.68 Å². The summed E-state index contributed by atoms with van der Waals surface area (Å²) in [7, 11) is 0. The summed E-state index contributed by atoms with van der Waals surface area (Å²) >= 11 is 0. The number of aromatic nitrogens is 1. The molecule has 0 aliphatic heterocycles. The van der Waals surface area contributed by atoms with Crippen LogP contribution in [0.15, 0.2) is 54.6 Å². The second-order valence-corrected chi connectivity index (χ2v) is 6.05. The van der Waals surface area contributed by atoms with Crippen molar-refractivity contribution >= 4 is 17.1 Å². The van der Waals surface area contributed by atoms with E-state index in [1.165, 1.54) is 12.1 Å². The maximum absolute atomic E-state index is 11.4. The first-order chi connectivity index (χ1) is 12.9. The van der Waals surface area contributed by atoms with Crippen molar-refractivity contribution < 1.29 is 9.85 Å². The maximum atomic E-state index is 11.4. The molecule has 138 valence electrons. The third-order valence-electron chi connectivity index (χ3n) is 4.30. The van der Waals surface area contributed by atoms with E-state index >= 15 is 0 Å². The largest absolute Gasteiger partial charge is 0.300 e. The van der Waals surface area contributed by atoms with E-state index in [4.69, 9.17) is 0 Å². The van der Waals surface area contributed by atoms with Crippen LogP contribution in [0.3, 0.4) is 0 Å². The van der Waals surface area contributed by atoms with Crippen LogP contribution in [-0.2, 0) is 6.42 Å². The summed E-state index contributed by atoms with van der Waals surface area (Å²) in [6, 6.07) is 15.3. The molecule has 0 fully saturated rings. The zero-order valence-electron chi connectivity index (χ0n) is 14.9. The third-order valence-corrected chi connectivity index (χ3v) is 4.30. The Balaban J connectivity index is 2.14. The number of nitrogens with zero attached hydrogens (tertiary/aromatic N) is 3. The standard InChI is InChI=1S/C19H18N4O4/c1-3-15-11-13(2)19(14-7-5-4-6-8-14)21(15)20-17-10-9-16(22(24)25)12-18(17)23(26)27/h4-12,20H,3H2,1-2H3. The molecule has 0 spiro atoms. The van der Waals surface area contributed by atoms with Gasteiger partial charge >= 0.3 is 5.69 Å². The van der Waals surface area contributed by atoms with Crippen LogP contribution in [0.1, 0.15) is 18.2 Å². The van der Waals surface area contributed by atoms with E-state index in [0.29, 0.717) is 6.42 Å². The first-order valence-corrected chi connectivity index (χ1v) is 8.39. The lowest BCUT2D eigenvalue weighted by Crippen LogP contribution is -2.15. The van der Waals surface area contributed by atoms with Crippen molar-refractivity contribution in [2.24, 2.45) is 0 Å². The van der Waals surface area contributed by atoms with Gasteiger partial charge in [0.15, 0.2) is 0 Å². The van der Waals surface area contributed by atoms with Crippen LogP contribution in [0.4, 0.5) is 17.1 Å². The minimum absolute atomic E-state index is 0.188. The molecule has 27 heavy (non-hydrogen) atoms. The summed E-state index contributed by atoms with van der Waals surface area (Å²) in [5.74, 6) is 0. The molecule has 8 heteroatoms. The number of nitrogens with one attached hydrogen (secondary N) is 1. The van der Waals surface area contributed by atoms with E-state index in [-0.39, 0.29) is 17.1 Å². The highest BCUT2D eigenvalue weighted by atomic mass is 16.6. The molecule has 2 aromatic carbocycles. The van der Waals surface area contributed by atoms with Crippen molar-refractivity contribution in [3.63, 3.8) is 0 Å². The number of nitro benzene ring substituents is 2. The Morgan fingerprint density at radius 1 is 1.00 bits per heavy atom. The lowest BCUT2D eigenvalue weighted by molar-refractivity contribution is -0.393. The molecule has 0 aliphatic rings. The van der Waals surface area contributed by atoms with Gasteiger partial charge in [0.25, 0.3) is 5.69 Å². The summed E-state index contributed by atoms with van der Waals surface area (Å²) in [6.45, 7) is 3.97. The van der Waals surface area contributed by atoms with Crippen LogP contribution in [0.5, 0.6) is 0 Å². The molecule has 3 aromatic rings. The summed E-state index contributed by atoms with van der Waals surface area (Å²) in [4.78, 5) is 21.1. The fourth-order valence-corrected chi connectivity index (χ4v) is 3.04. The second kappa shape index (κ2) is 7.28. The van der Waals surface area contributed by atoms with Gasteiger partial charge in [-0.2, -0.15) is 0 Å². The highest BCUT2D eigenvalue weighted by Gasteiger charge is 2.22. The van der Waals surface area contributed by atoms with Gasteiger partial charge in [0.2, 0.25) is 0 Å². The van der Waals surface area contributed by atoms with E-state index in [0.717, 1.165) is 28.6 Å². The van der Waals surface area contributed by atoms with E-state index < -0.39 is 9.85 Å². The molecule has 0 bridgehead atoms. The average Bonchev–Trinajstić information content (AvgIpc) is 2.97. The quantitative estimate of drug-likeness (QED) is 0.502. The highest BCUT2D eigenvalue weighted by molar-refractivity contribution is 5.70. The van der Waals surface area contributed by atoms with Gasteiger partial charge in [-0.05, 0) is 31.0 Å². The molecule has 8 nitrogen and oxygen atoms in total. The first kappa shape index (κ1) is 18.1. The lowest BCUT2D eigenvalue weighted by Gasteiger charge is -2.16. The Morgan fingerprint density at radius 2 is 1.70 bits per heavy atom. The van der Waals surface area contributed by atoms with Gasteiger partial charge in [0.05, 0.1) is 21.6 Å². The number of anilines is 1. The van der Waals surface area contributed by atoms with Crippen LogP contribution < -0.4 is 5.43 Å². The number of benzene rings is 2. The van der Waals surface area contributed by atoms with Crippen LogP contribution in [0, 0.1) is 27.2 Å². The number of rotatable bonds is 6. The molecule has 3 rings (SSSR count). The number of hydrogen-bond donors (Lipinski definition) is 1. The molecular formula is C19H18N4O4. The van der Waals surface area contributed by atoms with Gasteiger partial charge in [-0.25, -0.2) is 0 Å². The van der Waals surface area contributed by atoms with E-state index in [1.54, 1.807) is 4.68 Å². The molecule has 1 N–H and O–H groups in total. The minimum atomic E-state index is -0.649. The van der Waals surface area contributed by atoms with Gasteiger partial charge in [-0.1, -0.05) is 37.3 Å². The maximum Gasteiger partial charge on any atom is 0.300 e. The Kier molecular flexibility index (Phi) is 4.89. The SMILES string of the molecule is CCc1cc(C)c(-c2ccccc2)n1Nc1ccc([N+](=O)[O-])cc1[N+](=O)[O-]. The fraction of sp³-hybridized carbons (Fsp3) is 0.158. The summed E-state index contributed by atoms with van der Waals surface area (Å²) in [5.41, 5.74) is 6.41. The van der Waals surface area contributed by atoms with Crippen molar-refractivity contribution in [3.05, 3.63) is 86.1 Å². The van der Waals surface area contributed by atoms with Crippen molar-refractivity contribution in [2.75, 3.05) is 5.43 Å². The highest BCUT2D eigenvalue weighted by Crippen LogP contribution is 2.32. The van der Waals surface area contributed by atoms with Crippen LogP contribution in [0.2, 0.25) is 0 Å². The van der Waals surface area contributed by atoms with Crippen LogP contribution >= 0.6 is 0 Å². The van der Waals surface area contributed by atoms with Crippen molar-refractivity contribution in [3.8, 4) is 11.3 Å². The Labute approximate surface area is 155 Å². The number of nitro groups is 2. The number of non-ortho nitro benzene ring substituents is 1. The molecule has 0 atom stereocenters. The first-order valence-electron chi connectivity index (χ1n) is 8.39. The number of hydrogen-bond acceptors (Lipinski definition) is 5. The predicted molar refractivity (Wildman–Crippen MR) is 103 cm³/mol. The molecule has 0 unspecified atom stereocenters. The smallest absolute Gasteiger partial charge is 0.288 e. The van der Waals surface area contributed by atoms with Gasteiger partial charge in [0, 0.05) is 17.3 Å². The van der Waals surface area contributed by atoms with Crippen LogP contribution in [0.25, 0.3) is 11.3 Å². The van der Waals surface area contributed by atoms with E-state index in [2.05, 4.69) is 5.43 Å². The molecule has 0 amide bonds. The second-order valence-electron chi connectivity index (χ2n) is 6.05. The molecule has 0 saturated heterocycles. The van der Waals surface area contributed by atoms with Crippen LogP contribution in [-0.4, -0.2) is 14.5 Å². The minimum Gasteiger partial charge on any atom is -0.288 e. The summed E-state index contributed by atoms with van der Waals surface area (Å²) in [6.07, 6.45) is 0.710. The van der Waals surface area contributed by atoms with Crippen molar-refractivity contribution in [2.45, 2.75) is 20.3 Å². The topological polar surface area (TPSA) is 103 Å². The van der Waals surface area contributed by atoms with Gasteiger partial charge in [-0.15, -0.1) is 0 Å². The normalized spacial score (nSPS) is 10.6. The zero-order chi connectivity index (χ0) is 19.6. The van der Waals surface area contributed by atoms with E-state index in [9.17, 15) is 20.2 Å². The molecule has 0 radical (unpaired) electrons. The van der Waals surface area contributed by atoms with Gasteiger partial charge < -0.3 is 0 Å². The van der Waals surface area contributed by atoms with Gasteiger partial charge in [0.1, 0.15) is 5.69 Å². The Morgan fingerprint density at radius 3 is 2.30 bits per heavy atom. The van der Waals surface area contributed by atoms with E-state index in [1.807, 2.05) is 50.2 Å².